The lowest BCUT2D eigenvalue weighted by atomic mass is 9.90. The van der Waals surface area contributed by atoms with E-state index in [1.165, 1.54) is 11.1 Å². The summed E-state index contributed by atoms with van der Waals surface area (Å²) in [5.41, 5.74) is 2.07. The summed E-state index contributed by atoms with van der Waals surface area (Å²) >= 11 is 0. The minimum absolute atomic E-state index is 0.284. The van der Waals surface area contributed by atoms with Crippen LogP contribution >= 0.6 is 0 Å². The molecule has 0 saturated carbocycles. The number of aliphatic carboxylic acids is 1. The third kappa shape index (κ3) is 3.04. The Bertz CT molecular complexity index is 468. The van der Waals surface area contributed by atoms with Gasteiger partial charge in [-0.2, -0.15) is 0 Å². The van der Waals surface area contributed by atoms with E-state index in [1.54, 1.807) is 0 Å². The number of carbonyl (C=O) groups is 1. The molecular formula is C17H25NO2. The van der Waals surface area contributed by atoms with Gasteiger partial charge in [0, 0.05) is 12.6 Å². The molecule has 2 unspecified atom stereocenters. The minimum atomic E-state index is -0.675. The van der Waals surface area contributed by atoms with Gasteiger partial charge in [0.2, 0.25) is 0 Å². The molecular weight excluding hydrogens is 250 g/mol. The predicted octanol–water partition coefficient (Wildman–Crippen LogP) is 3.50. The van der Waals surface area contributed by atoms with E-state index >= 15 is 0 Å². The highest BCUT2D eigenvalue weighted by atomic mass is 16.4. The fraction of sp³-hybridized carbons (Fsp3) is 0.588. The molecule has 0 aliphatic carbocycles. The Morgan fingerprint density at radius 3 is 2.55 bits per heavy atom. The smallest absolute Gasteiger partial charge is 0.310 e. The van der Waals surface area contributed by atoms with Gasteiger partial charge in [0.15, 0.2) is 0 Å². The second kappa shape index (κ2) is 5.96. The zero-order valence-electron chi connectivity index (χ0n) is 12.7. The van der Waals surface area contributed by atoms with Crippen LogP contribution in [0.3, 0.4) is 0 Å². The van der Waals surface area contributed by atoms with Gasteiger partial charge in [-0.25, -0.2) is 0 Å². The molecule has 20 heavy (non-hydrogen) atoms. The normalized spacial score (nSPS) is 24.8. The van der Waals surface area contributed by atoms with Crippen molar-refractivity contribution >= 4 is 5.97 Å². The molecule has 1 aliphatic rings. The molecule has 1 aromatic rings. The molecule has 1 fully saturated rings. The van der Waals surface area contributed by atoms with Crippen molar-refractivity contribution in [3.8, 4) is 0 Å². The summed E-state index contributed by atoms with van der Waals surface area (Å²) in [4.78, 5) is 13.6. The van der Waals surface area contributed by atoms with E-state index in [-0.39, 0.29) is 6.04 Å². The zero-order valence-corrected chi connectivity index (χ0v) is 12.7. The Hall–Kier alpha value is -1.35. The number of hydrogen-bond acceptors (Lipinski definition) is 2. The van der Waals surface area contributed by atoms with Crippen LogP contribution in [-0.2, 0) is 11.2 Å². The van der Waals surface area contributed by atoms with E-state index in [0.29, 0.717) is 6.54 Å². The quantitative estimate of drug-likeness (QED) is 0.894. The first-order chi connectivity index (χ1) is 9.46. The van der Waals surface area contributed by atoms with Crippen molar-refractivity contribution in [2.75, 3.05) is 13.1 Å². The highest BCUT2D eigenvalue weighted by Gasteiger charge is 2.41. The lowest BCUT2D eigenvalue weighted by Crippen LogP contribution is -2.32. The number of nitrogens with zero attached hydrogens (tertiary/aromatic N) is 1. The number of carboxylic acids is 1. The van der Waals surface area contributed by atoms with Crippen LogP contribution in [-0.4, -0.2) is 29.1 Å². The summed E-state index contributed by atoms with van der Waals surface area (Å²) in [5.74, 6) is -0.675. The van der Waals surface area contributed by atoms with Gasteiger partial charge in [0.1, 0.15) is 0 Å². The summed E-state index contributed by atoms with van der Waals surface area (Å²) in [5, 5.41) is 9.31. The first-order valence-corrected chi connectivity index (χ1v) is 7.52. The number of likely N-dealkylation sites (tertiary alicyclic amines) is 1. The van der Waals surface area contributed by atoms with Crippen LogP contribution < -0.4 is 0 Å². The van der Waals surface area contributed by atoms with Gasteiger partial charge in [0.25, 0.3) is 0 Å². The first-order valence-electron chi connectivity index (χ1n) is 7.52. The van der Waals surface area contributed by atoms with Crippen molar-refractivity contribution in [3.05, 3.63) is 35.4 Å². The van der Waals surface area contributed by atoms with Crippen LogP contribution in [0.4, 0.5) is 0 Å². The van der Waals surface area contributed by atoms with Crippen LogP contribution in [0.25, 0.3) is 0 Å². The maximum absolute atomic E-state index is 11.3. The summed E-state index contributed by atoms with van der Waals surface area (Å²) in [6, 6.07) is 9.05. The van der Waals surface area contributed by atoms with E-state index in [1.807, 2.05) is 6.92 Å². The molecule has 0 spiro atoms. The van der Waals surface area contributed by atoms with Crippen LogP contribution in [0, 0.1) is 5.41 Å². The minimum Gasteiger partial charge on any atom is -0.481 e. The van der Waals surface area contributed by atoms with Gasteiger partial charge in [-0.05, 0) is 44.4 Å². The molecule has 3 heteroatoms. The van der Waals surface area contributed by atoms with Crippen molar-refractivity contribution < 1.29 is 9.90 Å². The van der Waals surface area contributed by atoms with E-state index < -0.39 is 11.4 Å². The van der Waals surface area contributed by atoms with Gasteiger partial charge in [-0.1, -0.05) is 37.6 Å². The topological polar surface area (TPSA) is 40.5 Å². The van der Waals surface area contributed by atoms with Crippen molar-refractivity contribution in [2.45, 2.75) is 46.1 Å². The molecule has 0 amide bonds. The molecule has 3 nitrogen and oxygen atoms in total. The van der Waals surface area contributed by atoms with Crippen molar-refractivity contribution in [1.82, 2.24) is 4.90 Å². The zero-order chi connectivity index (χ0) is 14.8. The van der Waals surface area contributed by atoms with Crippen molar-refractivity contribution in [2.24, 2.45) is 5.41 Å². The Balaban J connectivity index is 2.05. The molecule has 0 radical (unpaired) electrons. The molecule has 0 aromatic heterocycles. The first kappa shape index (κ1) is 15.0. The van der Waals surface area contributed by atoms with E-state index in [4.69, 9.17) is 0 Å². The summed E-state index contributed by atoms with van der Waals surface area (Å²) < 4.78 is 0. The maximum Gasteiger partial charge on any atom is 0.310 e. The number of benzene rings is 1. The molecule has 1 saturated heterocycles. The predicted molar refractivity (Wildman–Crippen MR) is 80.8 cm³/mol. The molecule has 1 aliphatic heterocycles. The summed E-state index contributed by atoms with van der Waals surface area (Å²) in [7, 11) is 0. The Labute approximate surface area is 121 Å². The van der Waals surface area contributed by atoms with Crippen LogP contribution in [0.2, 0.25) is 0 Å². The average molecular weight is 275 g/mol. The highest BCUT2D eigenvalue weighted by molar-refractivity contribution is 5.74. The Morgan fingerprint density at radius 1 is 1.40 bits per heavy atom. The second-order valence-corrected chi connectivity index (χ2v) is 6.25. The second-order valence-electron chi connectivity index (χ2n) is 6.25. The summed E-state index contributed by atoms with van der Waals surface area (Å²) in [6.45, 7) is 7.71. The molecule has 0 bridgehead atoms. The number of carboxylic acid groups (broad SMARTS) is 1. The molecule has 2 atom stereocenters. The standard InChI is InChI=1S/C17H25NO2/c1-4-5-14-6-8-15(9-7-14)13(2)18-11-10-17(3,12-18)16(19)20/h6-9,13H,4-5,10-12H2,1-3H3,(H,19,20). The largest absolute Gasteiger partial charge is 0.481 e. The van der Waals surface area contributed by atoms with Crippen molar-refractivity contribution in [1.29, 1.82) is 0 Å². The van der Waals surface area contributed by atoms with E-state index in [9.17, 15) is 9.90 Å². The molecule has 1 aromatic carbocycles. The fourth-order valence-corrected chi connectivity index (χ4v) is 2.96. The lowest BCUT2D eigenvalue weighted by molar-refractivity contribution is -0.147. The molecule has 110 valence electrons. The molecule has 2 rings (SSSR count). The highest BCUT2D eigenvalue weighted by Crippen LogP contribution is 2.35. The van der Waals surface area contributed by atoms with Crippen LogP contribution in [0.5, 0.6) is 0 Å². The van der Waals surface area contributed by atoms with Crippen LogP contribution in [0.1, 0.15) is 50.8 Å². The van der Waals surface area contributed by atoms with E-state index in [0.717, 1.165) is 25.8 Å². The summed E-state index contributed by atoms with van der Waals surface area (Å²) in [6.07, 6.45) is 3.02. The Kier molecular flexibility index (Phi) is 4.48. The van der Waals surface area contributed by atoms with Gasteiger partial charge < -0.3 is 5.11 Å². The molecule has 1 heterocycles. The number of rotatable bonds is 5. The van der Waals surface area contributed by atoms with E-state index in [2.05, 4.69) is 43.0 Å². The third-order valence-electron chi connectivity index (χ3n) is 4.57. The Morgan fingerprint density at radius 2 is 2.05 bits per heavy atom. The van der Waals surface area contributed by atoms with Gasteiger partial charge in [-0.15, -0.1) is 0 Å². The van der Waals surface area contributed by atoms with Crippen molar-refractivity contribution in [3.63, 3.8) is 0 Å². The third-order valence-corrected chi connectivity index (χ3v) is 4.57. The van der Waals surface area contributed by atoms with Gasteiger partial charge in [0.05, 0.1) is 5.41 Å². The lowest BCUT2D eigenvalue weighted by Gasteiger charge is -2.26. The number of hydrogen-bond donors (Lipinski definition) is 1. The number of aryl methyl sites for hydroxylation is 1. The SMILES string of the molecule is CCCc1ccc(C(C)N2CCC(C)(C(=O)O)C2)cc1. The maximum atomic E-state index is 11.3. The average Bonchev–Trinajstić information content (AvgIpc) is 2.83. The monoisotopic (exact) mass is 275 g/mol. The van der Waals surface area contributed by atoms with Crippen LogP contribution in [0.15, 0.2) is 24.3 Å². The van der Waals surface area contributed by atoms with Gasteiger partial charge >= 0.3 is 5.97 Å². The van der Waals surface area contributed by atoms with Gasteiger partial charge in [-0.3, -0.25) is 9.69 Å². The molecule has 1 N–H and O–H groups in total. The fourth-order valence-electron chi connectivity index (χ4n) is 2.96.